The molecule has 0 radical (unpaired) electrons. The predicted molar refractivity (Wildman–Crippen MR) is 95.5 cm³/mol. The van der Waals surface area contributed by atoms with Gasteiger partial charge in [0.25, 0.3) is 5.91 Å². The molecule has 3 heterocycles. The largest absolute Gasteiger partial charge is 0.383 e. The van der Waals surface area contributed by atoms with Crippen molar-refractivity contribution in [3.8, 4) is 0 Å². The third-order valence-corrected chi connectivity index (χ3v) is 5.29. The van der Waals surface area contributed by atoms with E-state index >= 15 is 0 Å². The minimum atomic E-state index is -0.159. The lowest BCUT2D eigenvalue weighted by molar-refractivity contribution is -0.0450. The zero-order chi connectivity index (χ0) is 17.7. The molecule has 0 unspecified atom stereocenters. The van der Waals surface area contributed by atoms with Gasteiger partial charge in [-0.15, -0.1) is 0 Å². The second-order valence-electron chi connectivity index (χ2n) is 7.39. The molecule has 0 aliphatic carbocycles. The smallest absolute Gasteiger partial charge is 0.254 e. The van der Waals surface area contributed by atoms with Gasteiger partial charge in [0.15, 0.2) is 0 Å². The van der Waals surface area contributed by atoms with E-state index in [1.807, 2.05) is 4.90 Å². The maximum Gasteiger partial charge on any atom is 0.254 e. The summed E-state index contributed by atoms with van der Waals surface area (Å²) >= 11 is 0. The molecular formula is C19H29N3O3. The van der Waals surface area contributed by atoms with Crippen LogP contribution in [0.1, 0.15) is 29.6 Å². The van der Waals surface area contributed by atoms with Crippen LogP contribution in [-0.2, 0) is 9.47 Å². The van der Waals surface area contributed by atoms with Crippen molar-refractivity contribution in [1.29, 1.82) is 0 Å². The van der Waals surface area contributed by atoms with E-state index < -0.39 is 0 Å². The van der Waals surface area contributed by atoms with Crippen LogP contribution in [0, 0.1) is 5.92 Å². The molecule has 6 nitrogen and oxygen atoms in total. The molecule has 2 aliphatic rings. The zero-order valence-electron chi connectivity index (χ0n) is 15.3. The number of likely N-dealkylation sites (tertiary alicyclic amines) is 1. The highest BCUT2D eigenvalue weighted by atomic mass is 16.5. The summed E-state index contributed by atoms with van der Waals surface area (Å²) in [5, 5.41) is 0. The lowest BCUT2D eigenvalue weighted by atomic mass is 9.86. The van der Waals surface area contributed by atoms with Crippen molar-refractivity contribution in [3.63, 3.8) is 0 Å². The van der Waals surface area contributed by atoms with E-state index in [4.69, 9.17) is 9.47 Å². The number of piperidine rings is 1. The first kappa shape index (κ1) is 18.3. The summed E-state index contributed by atoms with van der Waals surface area (Å²) < 4.78 is 11.4. The first-order valence-electron chi connectivity index (χ1n) is 9.13. The monoisotopic (exact) mass is 347 g/mol. The Balaban J connectivity index is 1.57. The van der Waals surface area contributed by atoms with Crippen molar-refractivity contribution in [2.75, 3.05) is 53.6 Å². The van der Waals surface area contributed by atoms with Crippen LogP contribution in [0.25, 0.3) is 0 Å². The molecule has 1 amide bonds. The molecule has 2 saturated heterocycles. The zero-order valence-corrected chi connectivity index (χ0v) is 15.3. The Morgan fingerprint density at radius 2 is 2.28 bits per heavy atom. The average molecular weight is 347 g/mol. The Kier molecular flexibility index (Phi) is 6.04. The topological polar surface area (TPSA) is 54.9 Å². The number of hydrogen-bond donors (Lipinski definition) is 0. The Morgan fingerprint density at radius 1 is 1.48 bits per heavy atom. The van der Waals surface area contributed by atoms with Crippen molar-refractivity contribution in [2.45, 2.75) is 24.9 Å². The minimum absolute atomic E-state index is 0.0886. The van der Waals surface area contributed by atoms with Gasteiger partial charge < -0.3 is 19.3 Å². The molecule has 2 aliphatic heterocycles. The van der Waals surface area contributed by atoms with Crippen molar-refractivity contribution >= 4 is 5.91 Å². The highest BCUT2D eigenvalue weighted by molar-refractivity contribution is 5.94. The molecule has 1 spiro atoms. The van der Waals surface area contributed by atoms with Crippen molar-refractivity contribution in [1.82, 2.24) is 14.8 Å². The molecule has 0 aromatic carbocycles. The van der Waals surface area contributed by atoms with Crippen molar-refractivity contribution in [3.05, 3.63) is 30.1 Å². The van der Waals surface area contributed by atoms with Gasteiger partial charge in [0, 0.05) is 51.2 Å². The van der Waals surface area contributed by atoms with Gasteiger partial charge in [-0.05, 0) is 44.4 Å². The van der Waals surface area contributed by atoms with Crippen molar-refractivity contribution in [2.24, 2.45) is 5.92 Å². The highest BCUT2D eigenvalue weighted by Crippen LogP contribution is 2.38. The third kappa shape index (κ3) is 4.57. The number of carbonyl (C=O) groups is 1. The number of nitrogens with zero attached hydrogens (tertiary/aromatic N) is 3. The lowest BCUT2D eigenvalue weighted by Gasteiger charge is -2.40. The van der Waals surface area contributed by atoms with Gasteiger partial charge in [0.1, 0.15) is 0 Å². The number of amides is 1. The van der Waals surface area contributed by atoms with E-state index in [0.29, 0.717) is 18.0 Å². The fraction of sp³-hybridized carbons (Fsp3) is 0.684. The van der Waals surface area contributed by atoms with E-state index in [9.17, 15) is 4.79 Å². The van der Waals surface area contributed by atoms with Crippen molar-refractivity contribution < 1.29 is 14.3 Å². The van der Waals surface area contributed by atoms with E-state index in [0.717, 1.165) is 52.1 Å². The number of ether oxygens (including phenoxy) is 2. The molecule has 2 atom stereocenters. The van der Waals surface area contributed by atoms with Crippen LogP contribution < -0.4 is 0 Å². The van der Waals surface area contributed by atoms with Gasteiger partial charge in [-0.3, -0.25) is 9.78 Å². The Morgan fingerprint density at radius 3 is 3.04 bits per heavy atom. The Bertz CT molecular complexity index is 568. The quantitative estimate of drug-likeness (QED) is 0.784. The van der Waals surface area contributed by atoms with E-state index in [-0.39, 0.29) is 11.5 Å². The molecule has 1 aromatic heterocycles. The Labute approximate surface area is 150 Å². The first-order valence-corrected chi connectivity index (χ1v) is 9.13. The second kappa shape index (κ2) is 8.25. The second-order valence-corrected chi connectivity index (χ2v) is 7.39. The Hall–Kier alpha value is -1.50. The van der Waals surface area contributed by atoms with Gasteiger partial charge >= 0.3 is 0 Å². The predicted octanol–water partition coefficient (Wildman–Crippen LogP) is 1.67. The first-order chi connectivity index (χ1) is 12.1. The summed E-state index contributed by atoms with van der Waals surface area (Å²) in [5.41, 5.74) is 0.550. The van der Waals surface area contributed by atoms with Crippen LogP contribution in [0.15, 0.2) is 24.5 Å². The fourth-order valence-corrected chi connectivity index (χ4v) is 4.07. The summed E-state index contributed by atoms with van der Waals surface area (Å²) in [6.45, 7) is 5.01. The molecule has 0 bridgehead atoms. The summed E-state index contributed by atoms with van der Waals surface area (Å²) in [4.78, 5) is 21.0. The van der Waals surface area contributed by atoms with Gasteiger partial charge in [-0.1, -0.05) is 0 Å². The summed E-state index contributed by atoms with van der Waals surface area (Å²) in [6, 6.07) is 3.57. The summed E-state index contributed by atoms with van der Waals surface area (Å²) in [5.74, 6) is 0.614. The summed E-state index contributed by atoms with van der Waals surface area (Å²) in [7, 11) is 3.86. The molecule has 0 N–H and O–H groups in total. The number of pyridine rings is 1. The molecule has 0 saturated carbocycles. The average Bonchev–Trinajstić information content (AvgIpc) is 3.01. The summed E-state index contributed by atoms with van der Waals surface area (Å²) in [6.07, 6.45) is 6.43. The number of rotatable bonds is 6. The van der Waals surface area contributed by atoms with E-state index in [2.05, 4.69) is 16.9 Å². The lowest BCUT2D eigenvalue weighted by Crippen LogP contribution is -2.50. The van der Waals surface area contributed by atoms with Crippen LogP contribution in [0.4, 0.5) is 0 Å². The molecule has 2 fully saturated rings. The maximum atomic E-state index is 12.7. The third-order valence-electron chi connectivity index (χ3n) is 5.29. The molecular weight excluding hydrogens is 318 g/mol. The van der Waals surface area contributed by atoms with Crippen LogP contribution in [-0.4, -0.2) is 79.8 Å². The van der Waals surface area contributed by atoms with Gasteiger partial charge in [0.05, 0.1) is 18.8 Å². The number of methoxy groups -OCH3 is 1. The van der Waals surface area contributed by atoms with Crippen LogP contribution >= 0.6 is 0 Å². The minimum Gasteiger partial charge on any atom is -0.383 e. The highest BCUT2D eigenvalue weighted by Gasteiger charge is 2.44. The van der Waals surface area contributed by atoms with Gasteiger partial charge in [0.2, 0.25) is 0 Å². The van der Waals surface area contributed by atoms with Gasteiger partial charge in [-0.25, -0.2) is 0 Å². The normalized spacial score (nSPS) is 26.5. The molecule has 1 aromatic rings. The van der Waals surface area contributed by atoms with Gasteiger partial charge in [-0.2, -0.15) is 0 Å². The standard InChI is InChI=1S/C19H29N3O3/c1-21(10-11-24-2)13-16-12-19(25-14-16)6-3-9-22(15-19)18(23)17-4-7-20-8-5-17/h4-5,7-8,16H,3,6,9-15H2,1-2H3/t16-,19-/m0/s1. The van der Waals surface area contributed by atoms with E-state index in [1.54, 1.807) is 31.6 Å². The number of carbonyl (C=O) groups excluding carboxylic acids is 1. The maximum absolute atomic E-state index is 12.7. The molecule has 6 heteroatoms. The van der Waals surface area contributed by atoms with Crippen LogP contribution in [0.5, 0.6) is 0 Å². The number of aromatic nitrogens is 1. The number of hydrogen-bond acceptors (Lipinski definition) is 5. The fourth-order valence-electron chi connectivity index (χ4n) is 4.07. The number of likely N-dealkylation sites (N-methyl/N-ethyl adjacent to an activating group) is 1. The van der Waals surface area contributed by atoms with E-state index in [1.165, 1.54) is 0 Å². The molecule has 138 valence electrons. The molecule has 25 heavy (non-hydrogen) atoms. The van der Waals surface area contributed by atoms with Crippen LogP contribution in [0.3, 0.4) is 0 Å². The van der Waals surface area contributed by atoms with Crippen LogP contribution in [0.2, 0.25) is 0 Å². The SMILES string of the molecule is COCCN(C)C[C@H]1CO[C@@]2(CCCN(C(=O)c3ccncc3)C2)C1. The molecule has 3 rings (SSSR count).